The van der Waals surface area contributed by atoms with Crippen molar-refractivity contribution in [2.24, 2.45) is 0 Å². The van der Waals surface area contributed by atoms with Crippen LogP contribution in [0.2, 0.25) is 0 Å². The van der Waals surface area contributed by atoms with Gasteiger partial charge in [0.2, 0.25) is 0 Å². The van der Waals surface area contributed by atoms with Crippen LogP contribution in [0.5, 0.6) is 5.75 Å². The number of likely N-dealkylation sites (tertiary alicyclic amines) is 1. The summed E-state index contributed by atoms with van der Waals surface area (Å²) in [5.74, 6) is -0.337. The van der Waals surface area contributed by atoms with Crippen molar-refractivity contribution in [2.45, 2.75) is 38.6 Å². The number of nitrogen functional groups attached to an aromatic ring is 1. The van der Waals surface area contributed by atoms with E-state index >= 15 is 0 Å². The first-order valence-electron chi connectivity index (χ1n) is 7.03. The van der Waals surface area contributed by atoms with E-state index in [2.05, 4.69) is 0 Å². The third-order valence-corrected chi connectivity index (χ3v) is 3.15. The largest absolute Gasteiger partial charge is 0.486 e. The number of carbonyl (C=O) groups excluding carboxylic acids is 1. The molecular formula is C15H21FN2O4. The second kappa shape index (κ2) is 6.00. The number of halogens is 1. The second-order valence-corrected chi connectivity index (χ2v) is 6.29. The summed E-state index contributed by atoms with van der Waals surface area (Å²) in [4.78, 5) is 13.3. The topological polar surface area (TPSA) is 85.0 Å². The summed E-state index contributed by atoms with van der Waals surface area (Å²) in [6, 6.07) is 4.05. The number of β-amino-alcohol motifs (C(OH)–C–C–N with tert-alkyl or cyclic N) is 1. The van der Waals surface area contributed by atoms with E-state index in [1.807, 2.05) is 0 Å². The summed E-state index contributed by atoms with van der Waals surface area (Å²) >= 11 is 0. The normalized spacial score (nSPS) is 21.8. The van der Waals surface area contributed by atoms with Gasteiger partial charge in [0.15, 0.2) is 0 Å². The molecule has 0 aliphatic carbocycles. The number of nitrogens with zero attached hydrogens (tertiary/aromatic N) is 1. The zero-order valence-electron chi connectivity index (χ0n) is 12.9. The molecule has 1 aromatic carbocycles. The first kappa shape index (κ1) is 16.4. The molecule has 3 N–H and O–H groups in total. The molecule has 2 rings (SSSR count). The van der Waals surface area contributed by atoms with Gasteiger partial charge in [0.25, 0.3) is 0 Å². The predicted molar refractivity (Wildman–Crippen MR) is 79.0 cm³/mol. The monoisotopic (exact) mass is 312 g/mol. The summed E-state index contributed by atoms with van der Waals surface area (Å²) < 4.78 is 24.2. The van der Waals surface area contributed by atoms with Gasteiger partial charge in [-0.25, -0.2) is 9.18 Å². The highest BCUT2D eigenvalue weighted by atomic mass is 19.1. The molecule has 2 atom stereocenters. The molecule has 6 nitrogen and oxygen atoms in total. The molecular weight excluding hydrogens is 291 g/mol. The van der Waals surface area contributed by atoms with Gasteiger partial charge in [-0.05, 0) is 32.9 Å². The van der Waals surface area contributed by atoms with Gasteiger partial charge in [-0.2, -0.15) is 0 Å². The van der Waals surface area contributed by atoms with Crippen LogP contribution < -0.4 is 10.5 Å². The van der Waals surface area contributed by atoms with Gasteiger partial charge < -0.3 is 25.2 Å². The molecule has 22 heavy (non-hydrogen) atoms. The van der Waals surface area contributed by atoms with Gasteiger partial charge in [0, 0.05) is 6.07 Å². The van der Waals surface area contributed by atoms with E-state index in [4.69, 9.17) is 15.2 Å². The Balaban J connectivity index is 1.99. The number of anilines is 1. The van der Waals surface area contributed by atoms with Crippen molar-refractivity contribution >= 4 is 11.8 Å². The Morgan fingerprint density at radius 1 is 1.41 bits per heavy atom. The molecule has 1 amide bonds. The van der Waals surface area contributed by atoms with Gasteiger partial charge in [-0.15, -0.1) is 0 Å². The third-order valence-electron chi connectivity index (χ3n) is 3.15. The molecule has 1 aliphatic rings. The summed E-state index contributed by atoms with van der Waals surface area (Å²) in [7, 11) is 0. The Bertz CT molecular complexity index is 559. The minimum Gasteiger partial charge on any atom is -0.486 e. The number of hydrogen-bond donors (Lipinski definition) is 2. The molecule has 0 radical (unpaired) electrons. The van der Waals surface area contributed by atoms with E-state index in [0.717, 1.165) is 6.07 Å². The molecule has 1 heterocycles. The third kappa shape index (κ3) is 4.00. The van der Waals surface area contributed by atoms with E-state index in [-0.39, 0.29) is 24.5 Å². The molecule has 0 aromatic heterocycles. The van der Waals surface area contributed by atoms with Crippen molar-refractivity contribution in [3.05, 3.63) is 24.0 Å². The van der Waals surface area contributed by atoms with Crippen LogP contribution in [0.15, 0.2) is 18.2 Å². The number of aliphatic hydroxyl groups is 1. The number of hydrogen-bond acceptors (Lipinski definition) is 5. The van der Waals surface area contributed by atoms with Crippen molar-refractivity contribution in [3.63, 3.8) is 0 Å². The number of nitrogens with two attached hydrogens (primary N) is 1. The second-order valence-electron chi connectivity index (χ2n) is 6.29. The Kier molecular flexibility index (Phi) is 4.46. The van der Waals surface area contributed by atoms with Crippen LogP contribution in [-0.4, -0.2) is 47.0 Å². The van der Waals surface area contributed by atoms with E-state index in [9.17, 15) is 14.3 Å². The molecule has 122 valence electrons. The van der Waals surface area contributed by atoms with Crippen LogP contribution in [0.3, 0.4) is 0 Å². The van der Waals surface area contributed by atoms with Crippen LogP contribution in [-0.2, 0) is 4.74 Å². The molecule has 1 aliphatic heterocycles. The number of aliphatic hydroxyl groups excluding tert-OH is 1. The first-order chi connectivity index (χ1) is 10.2. The van der Waals surface area contributed by atoms with Crippen molar-refractivity contribution < 1.29 is 23.8 Å². The lowest BCUT2D eigenvalue weighted by molar-refractivity contribution is 0.0268. The highest BCUT2D eigenvalue weighted by Gasteiger charge is 2.37. The van der Waals surface area contributed by atoms with E-state index in [0.29, 0.717) is 0 Å². The van der Waals surface area contributed by atoms with E-state index < -0.39 is 29.7 Å². The molecule has 2 unspecified atom stereocenters. The first-order valence-corrected chi connectivity index (χ1v) is 7.03. The Hall–Kier alpha value is -2.02. The smallest absolute Gasteiger partial charge is 0.410 e. The minimum absolute atomic E-state index is 0.0229. The molecule has 0 saturated carbocycles. The number of benzene rings is 1. The summed E-state index contributed by atoms with van der Waals surface area (Å²) in [6.07, 6.45) is -2.02. The fourth-order valence-corrected chi connectivity index (χ4v) is 2.10. The van der Waals surface area contributed by atoms with E-state index in [1.54, 1.807) is 20.8 Å². The van der Waals surface area contributed by atoms with Gasteiger partial charge in [0.1, 0.15) is 29.4 Å². The lowest BCUT2D eigenvalue weighted by Crippen LogP contribution is -2.36. The fraction of sp³-hybridized carbons (Fsp3) is 0.533. The standard InChI is InChI=1S/C15H21FN2O4/c1-15(2,3)22-14(20)18-7-12(19)13(8-18)21-9-4-5-11(17)10(16)6-9/h4-6,12-13,19H,7-8,17H2,1-3H3. The zero-order chi connectivity index (χ0) is 16.5. The van der Waals surface area contributed by atoms with E-state index in [1.165, 1.54) is 17.0 Å². The molecule has 1 fully saturated rings. The van der Waals surface area contributed by atoms with Crippen LogP contribution in [0.1, 0.15) is 20.8 Å². The van der Waals surface area contributed by atoms with Crippen LogP contribution in [0, 0.1) is 5.82 Å². The zero-order valence-corrected chi connectivity index (χ0v) is 12.9. The molecule has 0 spiro atoms. The maximum atomic E-state index is 13.4. The average Bonchev–Trinajstić information content (AvgIpc) is 2.74. The highest BCUT2D eigenvalue weighted by molar-refractivity contribution is 5.68. The quantitative estimate of drug-likeness (QED) is 0.813. The minimum atomic E-state index is -0.867. The Morgan fingerprint density at radius 2 is 2.09 bits per heavy atom. The molecule has 7 heteroatoms. The van der Waals surface area contributed by atoms with Crippen molar-refractivity contribution in [1.29, 1.82) is 0 Å². The van der Waals surface area contributed by atoms with Gasteiger partial charge in [-0.1, -0.05) is 0 Å². The number of ether oxygens (including phenoxy) is 2. The van der Waals surface area contributed by atoms with Crippen molar-refractivity contribution in [1.82, 2.24) is 4.90 Å². The maximum absolute atomic E-state index is 13.4. The van der Waals surface area contributed by atoms with Gasteiger partial charge in [0.05, 0.1) is 18.8 Å². The van der Waals surface area contributed by atoms with Crippen LogP contribution >= 0.6 is 0 Å². The number of amides is 1. The van der Waals surface area contributed by atoms with Gasteiger partial charge in [-0.3, -0.25) is 0 Å². The van der Waals surface area contributed by atoms with Crippen LogP contribution in [0.4, 0.5) is 14.9 Å². The SMILES string of the molecule is CC(C)(C)OC(=O)N1CC(O)C(Oc2ccc(N)c(F)c2)C1. The fourth-order valence-electron chi connectivity index (χ4n) is 2.10. The molecule has 1 aromatic rings. The summed E-state index contributed by atoms with van der Waals surface area (Å²) in [5.41, 5.74) is 4.81. The number of rotatable bonds is 2. The predicted octanol–water partition coefficient (Wildman–Crippen LogP) is 1.77. The lowest BCUT2D eigenvalue weighted by Gasteiger charge is -2.24. The summed E-state index contributed by atoms with van der Waals surface area (Å²) in [6.45, 7) is 5.58. The van der Waals surface area contributed by atoms with Gasteiger partial charge >= 0.3 is 6.09 Å². The Morgan fingerprint density at radius 3 is 2.68 bits per heavy atom. The maximum Gasteiger partial charge on any atom is 0.410 e. The van der Waals surface area contributed by atoms with Crippen LogP contribution in [0.25, 0.3) is 0 Å². The molecule has 1 saturated heterocycles. The van der Waals surface area contributed by atoms with Crippen molar-refractivity contribution in [2.75, 3.05) is 18.8 Å². The molecule has 0 bridgehead atoms. The highest BCUT2D eigenvalue weighted by Crippen LogP contribution is 2.23. The van der Waals surface area contributed by atoms with Crippen molar-refractivity contribution in [3.8, 4) is 5.75 Å². The average molecular weight is 312 g/mol. The summed E-state index contributed by atoms with van der Waals surface area (Å²) in [5, 5.41) is 10.00. The lowest BCUT2D eigenvalue weighted by atomic mass is 10.2. The number of carbonyl (C=O) groups is 1. The Labute approximate surface area is 128 Å².